The van der Waals surface area contributed by atoms with Gasteiger partial charge in [-0.05, 0) is 96.7 Å². The molecule has 238 valence electrons. The molecular weight excluding hydrogens is 528 g/mol. The predicted molar refractivity (Wildman–Crippen MR) is 161 cm³/mol. The Kier molecular flexibility index (Phi) is 6.87. The second-order valence-corrected chi connectivity index (χ2v) is 17.2. The molecule has 2 heterocycles. The number of rotatable bonds is 4. The number of fused-ring (bicyclic) bond motifs is 4. The molecule has 0 bridgehead atoms. The molecule has 7 heteroatoms. The Morgan fingerprint density at radius 1 is 1.07 bits per heavy atom. The van der Waals surface area contributed by atoms with Crippen LogP contribution in [-0.4, -0.2) is 72.9 Å². The predicted octanol–water partition coefficient (Wildman–Crippen LogP) is 4.98. The van der Waals surface area contributed by atoms with E-state index in [4.69, 9.17) is 19.9 Å². The summed E-state index contributed by atoms with van der Waals surface area (Å²) < 4.78 is 19.5. The zero-order valence-corrected chi connectivity index (χ0v) is 27.4. The molecule has 0 aromatic carbocycles. The van der Waals surface area contributed by atoms with Crippen LogP contribution in [0.4, 0.5) is 0 Å². The van der Waals surface area contributed by atoms with Gasteiger partial charge in [-0.3, -0.25) is 4.79 Å². The number of aliphatic hydroxyl groups excluding tert-OH is 1. The fraction of sp³-hybridized carbons (Fsp3) is 0.971. The number of nitrogens with zero attached hydrogens (tertiary/aromatic N) is 1. The van der Waals surface area contributed by atoms with Gasteiger partial charge in [0.1, 0.15) is 0 Å². The van der Waals surface area contributed by atoms with Gasteiger partial charge in [0, 0.05) is 24.4 Å². The third kappa shape index (κ3) is 3.67. The number of amides is 1. The van der Waals surface area contributed by atoms with Crippen LogP contribution in [0, 0.1) is 56.7 Å². The molecule has 0 aromatic heterocycles. The molecule has 0 unspecified atom stereocenters. The lowest BCUT2D eigenvalue weighted by atomic mass is 9.41. The van der Waals surface area contributed by atoms with E-state index in [0.29, 0.717) is 60.7 Å². The maximum absolute atomic E-state index is 12.7. The first-order chi connectivity index (χ1) is 19.8. The highest BCUT2D eigenvalue weighted by Gasteiger charge is 2.84. The maximum atomic E-state index is 12.7. The van der Waals surface area contributed by atoms with Crippen LogP contribution in [0.1, 0.15) is 99.8 Å². The largest absolute Gasteiger partial charge is 0.390 e. The Balaban J connectivity index is 1.12. The van der Waals surface area contributed by atoms with Crippen LogP contribution in [0.25, 0.3) is 0 Å². The molecule has 0 radical (unpaired) electrons. The molecule has 2 saturated heterocycles. The number of morpholine rings is 1. The smallest absolute Gasteiger partial charge is 0.225 e. The Bertz CT molecular complexity index is 1100. The Hall–Kier alpha value is -0.730. The van der Waals surface area contributed by atoms with Crippen molar-refractivity contribution in [2.24, 2.45) is 62.4 Å². The van der Waals surface area contributed by atoms with Crippen molar-refractivity contribution in [3.63, 3.8) is 0 Å². The van der Waals surface area contributed by atoms with E-state index in [-0.39, 0.29) is 52.7 Å². The molecule has 1 amide bonds. The van der Waals surface area contributed by atoms with E-state index < -0.39 is 6.10 Å². The van der Waals surface area contributed by atoms with Crippen molar-refractivity contribution >= 4 is 5.91 Å². The minimum absolute atomic E-state index is 0.00521. The highest BCUT2D eigenvalue weighted by atomic mass is 16.7. The second-order valence-electron chi connectivity index (χ2n) is 17.2. The number of aliphatic hydroxyl groups is 1. The molecule has 5 aliphatic carbocycles. The summed E-state index contributed by atoms with van der Waals surface area (Å²) in [5, 5.41) is 12.2. The minimum atomic E-state index is -0.423. The van der Waals surface area contributed by atoms with Gasteiger partial charge in [0.05, 0.1) is 37.6 Å². The highest BCUT2D eigenvalue weighted by molar-refractivity contribution is 5.78. The van der Waals surface area contributed by atoms with Crippen molar-refractivity contribution in [1.82, 2.24) is 4.90 Å². The van der Waals surface area contributed by atoms with Gasteiger partial charge in [0.2, 0.25) is 5.91 Å². The quantitative estimate of drug-likeness (QED) is 0.482. The third-order valence-electron chi connectivity index (χ3n) is 15.2. The molecule has 3 N–H and O–H groups in total. The lowest BCUT2D eigenvalue weighted by Crippen LogP contribution is -2.60. The van der Waals surface area contributed by atoms with Crippen LogP contribution in [0.15, 0.2) is 0 Å². The number of hydrogen-bond acceptors (Lipinski definition) is 6. The van der Waals surface area contributed by atoms with Crippen molar-refractivity contribution in [2.45, 2.75) is 131 Å². The summed E-state index contributed by atoms with van der Waals surface area (Å²) in [6.07, 6.45) is 8.84. The van der Waals surface area contributed by atoms with Gasteiger partial charge in [0.25, 0.3) is 0 Å². The van der Waals surface area contributed by atoms with Crippen LogP contribution in [0.2, 0.25) is 0 Å². The topological polar surface area (TPSA) is 94.2 Å². The standard InChI is InChI=1S/C35H58N2O5/c1-20(2)30(39)37-14-15-40-26(18-37)42-25-10-11-34-19-35(34)13-12-32(6)27-21(3)16-22(17-36)41-28(27)29(38)33(32,7)24(35)9-8-23(34)31(25,4)5/h20-29,38H,8-19,36H2,1-7H3/t21-,22-,23+,24+,25+,26+,27-,28+,29+,32-,33-,34-,35+/m1/s1. The van der Waals surface area contributed by atoms with Gasteiger partial charge in [-0.15, -0.1) is 0 Å². The Morgan fingerprint density at radius 2 is 1.79 bits per heavy atom. The number of nitrogens with two attached hydrogens (primary N) is 1. The molecule has 7 rings (SSSR count). The van der Waals surface area contributed by atoms with Crippen molar-refractivity contribution < 1.29 is 24.1 Å². The summed E-state index contributed by atoms with van der Waals surface area (Å²) in [7, 11) is 0. The van der Waals surface area contributed by atoms with E-state index in [1.807, 2.05) is 18.7 Å². The van der Waals surface area contributed by atoms with Crippen LogP contribution >= 0.6 is 0 Å². The van der Waals surface area contributed by atoms with E-state index >= 15 is 0 Å². The molecule has 2 spiro atoms. The first-order valence-corrected chi connectivity index (χ1v) is 17.4. The van der Waals surface area contributed by atoms with Crippen LogP contribution in [0.5, 0.6) is 0 Å². The van der Waals surface area contributed by atoms with Gasteiger partial charge >= 0.3 is 0 Å². The molecule has 7 aliphatic rings. The zero-order chi connectivity index (χ0) is 30.0. The zero-order valence-electron chi connectivity index (χ0n) is 27.4. The number of carbonyl (C=O) groups is 1. The maximum Gasteiger partial charge on any atom is 0.225 e. The molecule has 7 fully saturated rings. The molecular formula is C35H58N2O5. The lowest BCUT2D eigenvalue weighted by molar-refractivity contribution is -0.248. The van der Waals surface area contributed by atoms with Crippen molar-refractivity contribution in [1.29, 1.82) is 0 Å². The molecule has 13 atom stereocenters. The highest BCUT2D eigenvalue weighted by Crippen LogP contribution is 2.89. The van der Waals surface area contributed by atoms with Crippen LogP contribution < -0.4 is 5.73 Å². The first kappa shape index (κ1) is 30.0. The van der Waals surface area contributed by atoms with Crippen LogP contribution in [-0.2, 0) is 19.0 Å². The summed E-state index contributed by atoms with van der Waals surface area (Å²) in [6, 6.07) is 0. The van der Waals surface area contributed by atoms with E-state index in [0.717, 1.165) is 12.8 Å². The molecule has 0 aromatic rings. The molecule has 5 saturated carbocycles. The van der Waals surface area contributed by atoms with Gasteiger partial charge in [-0.1, -0.05) is 48.5 Å². The normalized spacial score (nSPS) is 54.3. The number of ether oxygens (including phenoxy) is 3. The monoisotopic (exact) mass is 586 g/mol. The summed E-state index contributed by atoms with van der Waals surface area (Å²) in [5.74, 6) is 2.27. The van der Waals surface area contributed by atoms with E-state index in [9.17, 15) is 9.90 Å². The first-order valence-electron chi connectivity index (χ1n) is 17.4. The van der Waals surface area contributed by atoms with E-state index in [1.165, 1.54) is 38.5 Å². The molecule has 2 aliphatic heterocycles. The Morgan fingerprint density at radius 3 is 2.50 bits per heavy atom. The fourth-order valence-corrected chi connectivity index (χ4v) is 13.2. The van der Waals surface area contributed by atoms with Gasteiger partial charge in [-0.2, -0.15) is 0 Å². The summed E-state index contributed by atoms with van der Waals surface area (Å²) >= 11 is 0. The molecule has 42 heavy (non-hydrogen) atoms. The number of hydrogen-bond donors (Lipinski definition) is 2. The van der Waals surface area contributed by atoms with Crippen molar-refractivity contribution in [2.75, 3.05) is 26.2 Å². The van der Waals surface area contributed by atoms with Crippen LogP contribution in [0.3, 0.4) is 0 Å². The average molecular weight is 587 g/mol. The molecule has 7 nitrogen and oxygen atoms in total. The SMILES string of the molecule is CC(C)C(=O)N1CCO[C@@H](O[C@H]2CC[C@]34C[C@]35CC[C@]3(C)[C@H]6[C@H](O[C@@H](CN)C[C@H]6C)[C@H](O)[C@@]3(C)[C@@H]5CC[C@H]4C2(C)C)C1. The second kappa shape index (κ2) is 9.64. The van der Waals surface area contributed by atoms with Crippen molar-refractivity contribution in [3.8, 4) is 0 Å². The lowest BCUT2D eigenvalue weighted by Gasteiger charge is -2.64. The van der Waals surface area contributed by atoms with E-state index in [1.54, 1.807) is 0 Å². The van der Waals surface area contributed by atoms with Gasteiger partial charge in [-0.25, -0.2) is 0 Å². The van der Waals surface area contributed by atoms with Crippen molar-refractivity contribution in [3.05, 3.63) is 0 Å². The van der Waals surface area contributed by atoms with Gasteiger partial charge in [0.15, 0.2) is 6.29 Å². The van der Waals surface area contributed by atoms with Gasteiger partial charge < -0.3 is 30.0 Å². The van der Waals surface area contributed by atoms with E-state index in [2.05, 4.69) is 34.6 Å². The number of carbonyl (C=O) groups excluding carboxylic acids is 1. The summed E-state index contributed by atoms with van der Waals surface area (Å²) in [6.45, 7) is 18.5. The minimum Gasteiger partial charge on any atom is -0.390 e. The third-order valence-corrected chi connectivity index (χ3v) is 15.2. The summed E-state index contributed by atoms with van der Waals surface area (Å²) in [4.78, 5) is 14.6. The summed E-state index contributed by atoms with van der Waals surface area (Å²) in [5.41, 5.74) is 6.79. The Labute approximate surface area is 254 Å². The fourth-order valence-electron chi connectivity index (χ4n) is 13.2. The average Bonchev–Trinajstić information content (AvgIpc) is 3.59.